The molecule has 0 saturated carbocycles. The minimum Gasteiger partial charge on any atom is -0.371 e. The number of rotatable bonds is 2. The lowest BCUT2D eigenvalue weighted by Gasteiger charge is -2.10. The van der Waals surface area contributed by atoms with E-state index in [0.717, 1.165) is 29.4 Å². The Hall–Kier alpha value is -2.74. The first-order valence-electron chi connectivity index (χ1n) is 9.85. The zero-order valence-corrected chi connectivity index (χ0v) is 17.2. The second kappa shape index (κ2) is 10.9. The van der Waals surface area contributed by atoms with Gasteiger partial charge in [0.2, 0.25) is 0 Å². The monoisotopic (exact) mass is 422 g/mol. The molecule has 8 heteroatoms. The fourth-order valence-corrected chi connectivity index (χ4v) is 2.94. The molecule has 30 heavy (non-hydrogen) atoms. The lowest BCUT2D eigenvalue weighted by molar-refractivity contribution is -0.137. The van der Waals surface area contributed by atoms with Gasteiger partial charge in [0.1, 0.15) is 11.9 Å². The Morgan fingerprint density at radius 2 is 1.60 bits per heavy atom. The number of hydrogen-bond acceptors (Lipinski definition) is 4. The van der Waals surface area contributed by atoms with E-state index in [9.17, 15) is 17.6 Å². The minimum absolute atomic E-state index is 0.559. The molecule has 0 aliphatic carbocycles. The molecule has 1 aliphatic rings. The third-order valence-electron chi connectivity index (χ3n) is 4.41. The molecular weight excluding hydrogens is 396 g/mol. The van der Waals surface area contributed by atoms with Gasteiger partial charge in [0.15, 0.2) is 5.82 Å². The maximum Gasteiger partial charge on any atom is 0.416 e. The van der Waals surface area contributed by atoms with Crippen LogP contribution in [0.1, 0.15) is 25.8 Å². The van der Waals surface area contributed by atoms with E-state index in [1.54, 1.807) is 7.05 Å². The van der Waals surface area contributed by atoms with Crippen molar-refractivity contribution in [3.05, 3.63) is 54.1 Å². The summed E-state index contributed by atoms with van der Waals surface area (Å²) in [6, 6.07) is 12.4. The number of alkyl halides is 4. The number of nitrogens with one attached hydrogen (secondary N) is 2. The molecule has 2 heterocycles. The van der Waals surface area contributed by atoms with Crippen molar-refractivity contribution in [2.24, 2.45) is 0 Å². The smallest absolute Gasteiger partial charge is 0.371 e. The molecule has 162 valence electrons. The van der Waals surface area contributed by atoms with Crippen molar-refractivity contribution in [2.45, 2.75) is 32.6 Å². The van der Waals surface area contributed by atoms with Gasteiger partial charge in [-0.3, -0.25) is 0 Å². The first kappa shape index (κ1) is 23.5. The molecule has 0 radical (unpaired) electrons. The van der Waals surface area contributed by atoms with Crippen molar-refractivity contribution in [3.8, 4) is 11.3 Å². The van der Waals surface area contributed by atoms with Gasteiger partial charge in [-0.1, -0.05) is 50.2 Å². The largest absolute Gasteiger partial charge is 0.416 e. The van der Waals surface area contributed by atoms with E-state index >= 15 is 0 Å². The summed E-state index contributed by atoms with van der Waals surface area (Å²) < 4.78 is 49.8. The van der Waals surface area contributed by atoms with Crippen molar-refractivity contribution in [2.75, 3.05) is 25.5 Å². The molecule has 0 bridgehead atoms. The van der Waals surface area contributed by atoms with E-state index in [4.69, 9.17) is 0 Å². The second-order valence-corrected chi connectivity index (χ2v) is 6.36. The first-order valence-corrected chi connectivity index (χ1v) is 9.85. The highest BCUT2D eigenvalue weighted by Crippen LogP contribution is 2.33. The summed E-state index contributed by atoms with van der Waals surface area (Å²) in [5.41, 5.74) is 0.475. The van der Waals surface area contributed by atoms with Gasteiger partial charge >= 0.3 is 6.18 Å². The molecule has 1 fully saturated rings. The highest BCUT2D eigenvalue weighted by molar-refractivity contribution is 5.99. The third kappa shape index (κ3) is 5.89. The summed E-state index contributed by atoms with van der Waals surface area (Å²) >= 11 is 0. The van der Waals surface area contributed by atoms with Gasteiger partial charge in [-0.05, 0) is 25.1 Å². The molecule has 2 N–H and O–H groups in total. The van der Waals surface area contributed by atoms with Crippen LogP contribution in [0.4, 0.5) is 23.4 Å². The number of anilines is 1. The fraction of sp³-hybridized carbons (Fsp3) is 0.364. The number of aromatic nitrogens is 2. The normalized spacial score (nSPS) is 15.6. The molecular formula is C22H26F4N4. The van der Waals surface area contributed by atoms with E-state index in [-0.39, 0.29) is 0 Å². The number of halogens is 4. The zero-order valence-electron chi connectivity index (χ0n) is 17.2. The second-order valence-electron chi connectivity index (χ2n) is 6.36. The Kier molecular flexibility index (Phi) is 8.53. The highest BCUT2D eigenvalue weighted by atomic mass is 19.4. The maximum absolute atomic E-state index is 12.6. The summed E-state index contributed by atoms with van der Waals surface area (Å²) in [7, 11) is 1.74. The quantitative estimate of drug-likeness (QED) is 0.520. The maximum atomic E-state index is 12.6. The zero-order chi connectivity index (χ0) is 22.1. The van der Waals surface area contributed by atoms with Gasteiger partial charge in [-0.2, -0.15) is 13.2 Å². The third-order valence-corrected chi connectivity index (χ3v) is 4.41. The van der Waals surface area contributed by atoms with Crippen LogP contribution < -0.4 is 10.6 Å². The molecule has 3 aromatic rings. The molecule has 0 amide bonds. The lowest BCUT2D eigenvalue weighted by Crippen LogP contribution is -2.08. The average Bonchev–Trinajstić information content (AvgIpc) is 3.25. The molecule has 0 spiro atoms. The predicted octanol–water partition coefficient (Wildman–Crippen LogP) is 5.70. The molecule has 1 aromatic heterocycles. The molecule has 1 aliphatic heterocycles. The SMILES string of the molecule is CC.CNc1nnc(-c2ccc(C(F)(F)F)cc2)c2ccccc12.FC1CCNC1. The molecule has 2 aromatic carbocycles. The van der Waals surface area contributed by atoms with Crippen molar-refractivity contribution in [3.63, 3.8) is 0 Å². The average molecular weight is 422 g/mol. The Balaban J connectivity index is 0.000000340. The van der Waals surface area contributed by atoms with Gasteiger partial charge in [-0.15, -0.1) is 10.2 Å². The van der Waals surface area contributed by atoms with E-state index in [2.05, 4.69) is 20.8 Å². The number of fused-ring (bicyclic) bond motifs is 1. The van der Waals surface area contributed by atoms with Crippen LogP contribution in [0.5, 0.6) is 0 Å². The number of benzene rings is 2. The van der Waals surface area contributed by atoms with Crippen molar-refractivity contribution in [1.82, 2.24) is 15.5 Å². The van der Waals surface area contributed by atoms with Crippen molar-refractivity contribution in [1.29, 1.82) is 0 Å². The van der Waals surface area contributed by atoms with Crippen LogP contribution in [0.15, 0.2) is 48.5 Å². The molecule has 1 unspecified atom stereocenters. The molecule has 1 atom stereocenters. The number of nitrogens with zero attached hydrogens (tertiary/aromatic N) is 2. The van der Waals surface area contributed by atoms with Crippen LogP contribution in [0.2, 0.25) is 0 Å². The van der Waals surface area contributed by atoms with Gasteiger partial charge in [-0.25, -0.2) is 4.39 Å². The number of hydrogen-bond donors (Lipinski definition) is 2. The Labute approximate surface area is 173 Å². The molecule has 4 rings (SSSR count). The summed E-state index contributed by atoms with van der Waals surface area (Å²) in [5, 5.41) is 15.8. The Bertz CT molecular complexity index is 921. The van der Waals surface area contributed by atoms with E-state index in [0.29, 0.717) is 30.0 Å². The summed E-state index contributed by atoms with van der Waals surface area (Å²) in [6.45, 7) is 5.43. The first-order chi connectivity index (χ1) is 14.4. The van der Waals surface area contributed by atoms with E-state index < -0.39 is 17.9 Å². The van der Waals surface area contributed by atoms with Gasteiger partial charge in [0, 0.05) is 29.9 Å². The van der Waals surface area contributed by atoms with Crippen LogP contribution in [0, 0.1) is 0 Å². The molecule has 4 nitrogen and oxygen atoms in total. The summed E-state index contributed by atoms with van der Waals surface area (Å²) in [4.78, 5) is 0. The Morgan fingerprint density at radius 1 is 0.967 bits per heavy atom. The van der Waals surface area contributed by atoms with Crippen LogP contribution in [-0.4, -0.2) is 36.5 Å². The van der Waals surface area contributed by atoms with Crippen molar-refractivity contribution < 1.29 is 17.6 Å². The standard InChI is InChI=1S/C16H12F3N3.C4H8FN.C2H6/c1-20-15-13-5-3-2-4-12(13)14(21-22-15)10-6-8-11(9-7-10)16(17,18)19;5-4-1-2-6-3-4;1-2/h2-9H,1H3,(H,20,22);4,6H,1-3H2;1-2H3. The topological polar surface area (TPSA) is 49.8 Å². The Morgan fingerprint density at radius 3 is 2.07 bits per heavy atom. The van der Waals surface area contributed by atoms with Crippen molar-refractivity contribution >= 4 is 16.6 Å². The summed E-state index contributed by atoms with van der Waals surface area (Å²) in [5.74, 6) is 0.631. The van der Waals surface area contributed by atoms with Crippen LogP contribution >= 0.6 is 0 Å². The lowest BCUT2D eigenvalue weighted by atomic mass is 10.0. The summed E-state index contributed by atoms with van der Waals surface area (Å²) in [6.07, 6.45) is -4.20. The van der Waals surface area contributed by atoms with Crippen LogP contribution in [0.25, 0.3) is 22.0 Å². The van der Waals surface area contributed by atoms with Crippen LogP contribution in [-0.2, 0) is 6.18 Å². The van der Waals surface area contributed by atoms with Gasteiger partial charge < -0.3 is 10.6 Å². The van der Waals surface area contributed by atoms with Gasteiger partial charge in [0.05, 0.1) is 5.56 Å². The molecule has 1 saturated heterocycles. The predicted molar refractivity (Wildman–Crippen MR) is 113 cm³/mol. The minimum atomic E-state index is -4.34. The van der Waals surface area contributed by atoms with E-state index in [1.807, 2.05) is 38.1 Å². The highest BCUT2D eigenvalue weighted by Gasteiger charge is 2.30. The fourth-order valence-electron chi connectivity index (χ4n) is 2.94. The van der Waals surface area contributed by atoms with Gasteiger partial charge in [0.25, 0.3) is 0 Å². The van der Waals surface area contributed by atoms with E-state index in [1.165, 1.54) is 12.1 Å². The van der Waals surface area contributed by atoms with Crippen LogP contribution in [0.3, 0.4) is 0 Å².